The lowest BCUT2D eigenvalue weighted by molar-refractivity contribution is -0.298. The molecule has 0 bridgehead atoms. The Kier molecular flexibility index (Phi) is 37.4. The molecule has 1 aliphatic heterocycles. The van der Waals surface area contributed by atoms with Gasteiger partial charge >= 0.3 is 10.4 Å². The molecule has 14 heteroatoms. The first-order chi connectivity index (χ1) is 29.9. The molecule has 0 spiro atoms. The van der Waals surface area contributed by atoms with E-state index in [2.05, 4.69) is 23.3 Å². The number of amides is 1. The Morgan fingerprint density at radius 1 is 0.581 bits per heavy atom. The van der Waals surface area contributed by atoms with Crippen LogP contribution in [0.2, 0.25) is 0 Å². The molecular formula is C48H95NO12S. The Morgan fingerprint density at radius 3 is 1.29 bits per heavy atom. The van der Waals surface area contributed by atoms with Gasteiger partial charge in [-0.1, -0.05) is 226 Å². The number of ether oxygens (including phenoxy) is 2. The van der Waals surface area contributed by atoms with Gasteiger partial charge < -0.3 is 40.3 Å². The van der Waals surface area contributed by atoms with Crippen LogP contribution in [0.25, 0.3) is 0 Å². The van der Waals surface area contributed by atoms with Crippen molar-refractivity contribution in [1.29, 1.82) is 0 Å². The van der Waals surface area contributed by atoms with Crippen LogP contribution < -0.4 is 5.32 Å². The molecule has 1 rings (SSSR count). The monoisotopic (exact) mass is 910 g/mol. The number of nitrogens with one attached hydrogen (secondary N) is 1. The molecule has 1 heterocycles. The topological polar surface area (TPSA) is 212 Å². The van der Waals surface area contributed by atoms with Gasteiger partial charge in [0.1, 0.15) is 30.5 Å². The van der Waals surface area contributed by atoms with Gasteiger partial charge in [-0.25, -0.2) is 4.18 Å². The third-order valence-corrected chi connectivity index (χ3v) is 13.0. The highest BCUT2D eigenvalue weighted by atomic mass is 32.3. The maximum absolute atomic E-state index is 13.2. The fourth-order valence-electron chi connectivity index (χ4n) is 8.47. The summed E-state index contributed by atoms with van der Waals surface area (Å²) in [4.78, 5) is 13.2. The fraction of sp³-hybridized carbons (Fsp3) is 0.979. The van der Waals surface area contributed by atoms with Crippen molar-refractivity contribution < 1.29 is 57.0 Å². The molecule has 0 radical (unpaired) electrons. The summed E-state index contributed by atoms with van der Waals surface area (Å²) in [6, 6.07) is -1.03. The minimum atomic E-state index is -5.11. The number of hydrogen-bond donors (Lipinski definition) is 7. The van der Waals surface area contributed by atoms with Crippen LogP contribution in [0.4, 0.5) is 0 Å². The molecular weight excluding hydrogens is 815 g/mol. The van der Waals surface area contributed by atoms with Crippen molar-refractivity contribution >= 4 is 16.3 Å². The molecule has 0 aliphatic carbocycles. The number of carbonyl (C=O) groups is 1. The first-order valence-electron chi connectivity index (χ1n) is 25.5. The highest BCUT2D eigenvalue weighted by Gasteiger charge is 2.48. The number of carbonyl (C=O) groups excluding carboxylic acids is 1. The summed E-state index contributed by atoms with van der Waals surface area (Å²) in [5.41, 5.74) is 0. The van der Waals surface area contributed by atoms with Crippen molar-refractivity contribution in [3.05, 3.63) is 0 Å². The third-order valence-electron chi connectivity index (χ3n) is 12.5. The molecule has 1 aliphatic rings. The molecule has 1 amide bonds. The van der Waals surface area contributed by atoms with Crippen molar-refractivity contribution in [1.82, 2.24) is 5.32 Å². The van der Waals surface area contributed by atoms with Crippen LogP contribution in [0.15, 0.2) is 0 Å². The van der Waals surface area contributed by atoms with Crippen LogP contribution >= 0.6 is 0 Å². The van der Waals surface area contributed by atoms with Crippen molar-refractivity contribution in [3.63, 3.8) is 0 Å². The lowest BCUT2D eigenvalue weighted by Crippen LogP contribution is -2.61. The van der Waals surface area contributed by atoms with Crippen LogP contribution in [0.3, 0.4) is 0 Å². The summed E-state index contributed by atoms with van der Waals surface area (Å²) in [5, 5.41) is 55.5. The molecule has 7 N–H and O–H groups in total. The summed E-state index contributed by atoms with van der Waals surface area (Å²) in [5.74, 6) is -0.664. The van der Waals surface area contributed by atoms with Crippen LogP contribution in [0.5, 0.6) is 0 Å². The quantitative estimate of drug-likeness (QED) is 0.0225. The minimum Gasteiger partial charge on any atom is -0.394 e. The van der Waals surface area contributed by atoms with Gasteiger partial charge in [0.2, 0.25) is 5.91 Å². The average molecular weight is 910 g/mol. The first-order valence-corrected chi connectivity index (χ1v) is 26.9. The van der Waals surface area contributed by atoms with Gasteiger partial charge in [-0.3, -0.25) is 9.35 Å². The van der Waals surface area contributed by atoms with Crippen LogP contribution in [-0.4, -0.2) is 107 Å². The predicted octanol–water partition coefficient (Wildman–Crippen LogP) is 9.53. The van der Waals surface area contributed by atoms with E-state index in [1.165, 1.54) is 161 Å². The van der Waals surface area contributed by atoms with Gasteiger partial charge in [0.25, 0.3) is 0 Å². The van der Waals surface area contributed by atoms with Crippen molar-refractivity contribution in [2.24, 2.45) is 0 Å². The molecule has 370 valence electrons. The minimum absolute atomic E-state index is 0.266. The third kappa shape index (κ3) is 31.1. The number of aliphatic hydroxyl groups excluding tert-OH is 5. The number of rotatable bonds is 44. The normalized spacial score (nSPS) is 20.9. The maximum atomic E-state index is 13.2. The summed E-state index contributed by atoms with van der Waals surface area (Å²) in [6.45, 7) is 3.31. The Hall–Kier alpha value is -0.940. The molecule has 1 saturated heterocycles. The van der Waals surface area contributed by atoms with Gasteiger partial charge in [0, 0.05) is 0 Å². The van der Waals surface area contributed by atoms with E-state index >= 15 is 0 Å². The van der Waals surface area contributed by atoms with Gasteiger partial charge in [0.05, 0.1) is 25.4 Å². The molecule has 8 unspecified atom stereocenters. The SMILES string of the molecule is CCCCCCCCCCCCCCCCCCCC(O)C(COC1OC(CO)C(O)C(OS(=O)(=O)O)C1O)NC(=O)C(O)CCCCCCCCCCCCCCCCCC. The molecule has 8 atom stereocenters. The standard InChI is InChI=1S/C48H95NO12S/c1-3-5-7-9-11-13-15-17-19-21-23-24-26-28-30-32-34-36-41(51)40(39-59-48-45(54)46(61-62(56,57)58)44(53)43(38-50)60-48)49-47(55)42(52)37-35-33-31-29-27-25-22-20-18-16-14-12-10-8-6-4-2/h40-46,48,50-54H,3-39H2,1-2H3,(H,49,55)(H,56,57,58). The number of aliphatic hydroxyl groups is 5. The Morgan fingerprint density at radius 2 is 0.935 bits per heavy atom. The highest BCUT2D eigenvalue weighted by molar-refractivity contribution is 7.80. The van der Waals surface area contributed by atoms with Crippen LogP contribution in [0, 0.1) is 0 Å². The molecule has 62 heavy (non-hydrogen) atoms. The predicted molar refractivity (Wildman–Crippen MR) is 247 cm³/mol. The summed E-state index contributed by atoms with van der Waals surface area (Å²) < 4.78 is 47.7. The molecule has 0 saturated carbocycles. The van der Waals surface area contributed by atoms with E-state index in [0.717, 1.165) is 38.5 Å². The lowest BCUT2D eigenvalue weighted by Gasteiger charge is -2.41. The second-order valence-corrected chi connectivity index (χ2v) is 19.3. The molecule has 0 aromatic heterocycles. The summed E-state index contributed by atoms with van der Waals surface area (Å²) in [7, 11) is -5.11. The Labute approximate surface area is 378 Å². The zero-order valence-corrected chi connectivity index (χ0v) is 40.1. The van der Waals surface area contributed by atoms with Crippen LogP contribution in [0.1, 0.15) is 239 Å². The lowest BCUT2D eigenvalue weighted by atomic mass is 9.99. The molecule has 13 nitrogen and oxygen atoms in total. The fourth-order valence-corrected chi connectivity index (χ4v) is 8.98. The van der Waals surface area contributed by atoms with Crippen molar-refractivity contribution in [2.45, 2.75) is 288 Å². The molecule has 0 aromatic carbocycles. The highest BCUT2D eigenvalue weighted by Crippen LogP contribution is 2.26. The maximum Gasteiger partial charge on any atom is 0.397 e. The average Bonchev–Trinajstić information content (AvgIpc) is 3.24. The summed E-state index contributed by atoms with van der Waals surface area (Å²) in [6.07, 6.45) is 29.9. The second kappa shape index (κ2) is 39.2. The van der Waals surface area contributed by atoms with Gasteiger partial charge in [0.15, 0.2) is 6.29 Å². The Balaban J connectivity index is 2.49. The van der Waals surface area contributed by atoms with E-state index in [9.17, 15) is 43.3 Å². The van der Waals surface area contributed by atoms with E-state index in [0.29, 0.717) is 19.3 Å². The van der Waals surface area contributed by atoms with E-state index < -0.39 is 78.5 Å². The van der Waals surface area contributed by atoms with Gasteiger partial charge in [-0.15, -0.1) is 0 Å². The van der Waals surface area contributed by atoms with Gasteiger partial charge in [-0.2, -0.15) is 8.42 Å². The zero-order valence-electron chi connectivity index (χ0n) is 39.3. The Bertz CT molecular complexity index is 1130. The second-order valence-electron chi connectivity index (χ2n) is 18.3. The van der Waals surface area contributed by atoms with Crippen molar-refractivity contribution in [2.75, 3.05) is 13.2 Å². The van der Waals surface area contributed by atoms with E-state index in [4.69, 9.17) is 9.47 Å². The summed E-state index contributed by atoms with van der Waals surface area (Å²) >= 11 is 0. The molecule has 0 aromatic rings. The van der Waals surface area contributed by atoms with Crippen molar-refractivity contribution in [3.8, 4) is 0 Å². The van der Waals surface area contributed by atoms with E-state index in [1.807, 2.05) is 0 Å². The first kappa shape index (κ1) is 59.1. The smallest absolute Gasteiger partial charge is 0.394 e. The van der Waals surface area contributed by atoms with E-state index in [1.54, 1.807) is 0 Å². The largest absolute Gasteiger partial charge is 0.397 e. The molecule has 1 fully saturated rings. The number of unbranched alkanes of at least 4 members (excludes halogenated alkanes) is 31. The van der Waals surface area contributed by atoms with Crippen LogP contribution in [-0.2, 0) is 28.9 Å². The number of hydrogen-bond acceptors (Lipinski definition) is 11. The van der Waals surface area contributed by atoms with Gasteiger partial charge in [-0.05, 0) is 12.8 Å². The zero-order chi connectivity index (χ0) is 45.7. The van der Waals surface area contributed by atoms with E-state index in [-0.39, 0.29) is 6.42 Å².